The Morgan fingerprint density at radius 1 is 1.33 bits per heavy atom. The van der Waals surface area contributed by atoms with Crippen molar-refractivity contribution in [3.05, 3.63) is 29.8 Å². The molecule has 0 aliphatic heterocycles. The summed E-state index contributed by atoms with van der Waals surface area (Å²) in [5.74, 6) is 0.760. The first kappa shape index (κ1) is 12.0. The number of aliphatic hydroxyl groups excluding tert-OH is 2. The third-order valence-corrected chi connectivity index (χ3v) is 1.97. The molecule has 0 fully saturated rings. The van der Waals surface area contributed by atoms with E-state index in [1.165, 1.54) is 0 Å². The molecule has 0 saturated heterocycles. The van der Waals surface area contributed by atoms with Crippen molar-refractivity contribution in [1.29, 1.82) is 0 Å². The zero-order chi connectivity index (χ0) is 11.1. The van der Waals surface area contributed by atoms with Gasteiger partial charge in [-0.05, 0) is 6.07 Å². The van der Waals surface area contributed by atoms with Gasteiger partial charge in [-0.2, -0.15) is 0 Å². The number of methoxy groups -OCH3 is 1. The van der Waals surface area contributed by atoms with Gasteiger partial charge in [0, 0.05) is 5.56 Å². The highest BCUT2D eigenvalue weighted by Gasteiger charge is 2.04. The maximum atomic E-state index is 9.06. The minimum absolute atomic E-state index is 0.120. The Bertz CT molecular complexity index is 288. The van der Waals surface area contributed by atoms with Gasteiger partial charge in [0.2, 0.25) is 0 Å². The van der Waals surface area contributed by atoms with Crippen molar-refractivity contribution < 1.29 is 19.7 Å². The normalized spacial score (nSPS) is 12.5. The maximum Gasteiger partial charge on any atom is 0.124 e. The van der Waals surface area contributed by atoms with Gasteiger partial charge in [-0.1, -0.05) is 18.2 Å². The Hall–Kier alpha value is -1.10. The topological polar surface area (TPSA) is 58.9 Å². The fourth-order valence-corrected chi connectivity index (χ4v) is 1.18. The summed E-state index contributed by atoms with van der Waals surface area (Å²) in [6.07, 6.45) is -0.820. The van der Waals surface area contributed by atoms with Crippen molar-refractivity contribution in [1.82, 2.24) is 0 Å². The third kappa shape index (κ3) is 3.87. The fraction of sp³-hybridized carbons (Fsp3) is 0.455. The lowest BCUT2D eigenvalue weighted by Crippen LogP contribution is -2.19. The fourth-order valence-electron chi connectivity index (χ4n) is 1.18. The molecule has 2 N–H and O–H groups in total. The smallest absolute Gasteiger partial charge is 0.124 e. The first-order valence-electron chi connectivity index (χ1n) is 4.76. The lowest BCUT2D eigenvalue weighted by Gasteiger charge is -2.10. The van der Waals surface area contributed by atoms with Gasteiger partial charge in [-0.15, -0.1) is 0 Å². The summed E-state index contributed by atoms with van der Waals surface area (Å²) in [5, 5.41) is 17.6. The second kappa shape index (κ2) is 6.40. The van der Waals surface area contributed by atoms with Crippen molar-refractivity contribution in [2.75, 3.05) is 20.3 Å². The van der Waals surface area contributed by atoms with Crippen LogP contribution in [-0.2, 0) is 11.3 Å². The Labute approximate surface area is 89.1 Å². The van der Waals surface area contributed by atoms with E-state index in [1.54, 1.807) is 7.11 Å². The van der Waals surface area contributed by atoms with Crippen LogP contribution in [0.3, 0.4) is 0 Å². The van der Waals surface area contributed by atoms with E-state index < -0.39 is 6.10 Å². The predicted octanol–water partition coefficient (Wildman–Crippen LogP) is 0.565. The molecule has 0 aliphatic rings. The van der Waals surface area contributed by atoms with E-state index in [0.29, 0.717) is 6.61 Å². The number of rotatable bonds is 6. The second-order valence-electron chi connectivity index (χ2n) is 3.16. The molecule has 1 rings (SSSR count). The zero-order valence-corrected chi connectivity index (χ0v) is 8.72. The standard InChI is InChI=1S/C11H16O4/c1-14-11-5-3-2-4-9(11)7-15-8-10(13)6-12/h2-5,10,12-13H,6-8H2,1H3. The molecule has 4 heteroatoms. The molecule has 0 radical (unpaired) electrons. The molecule has 1 atom stereocenters. The van der Waals surface area contributed by atoms with Crippen LogP contribution in [0.1, 0.15) is 5.56 Å². The Morgan fingerprint density at radius 2 is 2.07 bits per heavy atom. The molecule has 0 amide bonds. The Balaban J connectivity index is 2.43. The quantitative estimate of drug-likeness (QED) is 0.723. The van der Waals surface area contributed by atoms with E-state index in [9.17, 15) is 0 Å². The van der Waals surface area contributed by atoms with Gasteiger partial charge in [0.1, 0.15) is 11.9 Å². The summed E-state index contributed by atoms with van der Waals surface area (Å²) in [6, 6.07) is 7.51. The maximum absolute atomic E-state index is 9.06. The van der Waals surface area contributed by atoms with E-state index in [-0.39, 0.29) is 13.2 Å². The van der Waals surface area contributed by atoms with E-state index in [1.807, 2.05) is 24.3 Å². The number of ether oxygens (including phenoxy) is 2. The molecule has 0 spiro atoms. The molecule has 15 heavy (non-hydrogen) atoms. The third-order valence-electron chi connectivity index (χ3n) is 1.97. The molecular weight excluding hydrogens is 196 g/mol. The summed E-state index contributed by atoms with van der Waals surface area (Å²) >= 11 is 0. The molecule has 84 valence electrons. The van der Waals surface area contributed by atoms with Gasteiger partial charge in [-0.25, -0.2) is 0 Å². The van der Waals surface area contributed by atoms with E-state index in [4.69, 9.17) is 19.7 Å². The first-order chi connectivity index (χ1) is 7.27. The largest absolute Gasteiger partial charge is 0.496 e. The van der Waals surface area contributed by atoms with Crippen molar-refractivity contribution in [3.8, 4) is 5.75 Å². The molecule has 0 heterocycles. The molecule has 1 aromatic carbocycles. The zero-order valence-electron chi connectivity index (χ0n) is 8.72. The van der Waals surface area contributed by atoms with Gasteiger partial charge >= 0.3 is 0 Å². The van der Waals surface area contributed by atoms with Crippen molar-refractivity contribution >= 4 is 0 Å². The number of aliphatic hydroxyl groups is 2. The molecule has 0 aromatic heterocycles. The highest BCUT2D eigenvalue weighted by atomic mass is 16.5. The number of hydrogen-bond donors (Lipinski definition) is 2. The Morgan fingerprint density at radius 3 is 2.73 bits per heavy atom. The monoisotopic (exact) mass is 212 g/mol. The summed E-state index contributed by atoms with van der Waals surface area (Å²) < 4.78 is 10.4. The van der Waals surface area contributed by atoms with Crippen LogP contribution in [0.5, 0.6) is 5.75 Å². The minimum atomic E-state index is -0.820. The number of para-hydroxylation sites is 1. The minimum Gasteiger partial charge on any atom is -0.496 e. The highest BCUT2D eigenvalue weighted by molar-refractivity contribution is 5.32. The van der Waals surface area contributed by atoms with E-state index in [2.05, 4.69) is 0 Å². The summed E-state index contributed by atoms with van der Waals surface area (Å²) in [4.78, 5) is 0. The molecule has 1 unspecified atom stereocenters. The van der Waals surface area contributed by atoms with Gasteiger partial charge in [0.05, 0.1) is 26.9 Å². The molecular formula is C11H16O4. The SMILES string of the molecule is COc1ccccc1COCC(O)CO. The number of hydrogen-bond acceptors (Lipinski definition) is 4. The van der Waals surface area contributed by atoms with Gasteiger partial charge in [-0.3, -0.25) is 0 Å². The average Bonchev–Trinajstić information content (AvgIpc) is 2.29. The average molecular weight is 212 g/mol. The first-order valence-corrected chi connectivity index (χ1v) is 4.76. The second-order valence-corrected chi connectivity index (χ2v) is 3.16. The van der Waals surface area contributed by atoms with E-state index in [0.717, 1.165) is 11.3 Å². The van der Waals surface area contributed by atoms with Crippen LogP contribution in [0, 0.1) is 0 Å². The number of benzene rings is 1. The summed E-state index contributed by atoms with van der Waals surface area (Å²) in [7, 11) is 1.60. The van der Waals surface area contributed by atoms with Crippen LogP contribution >= 0.6 is 0 Å². The molecule has 0 saturated carbocycles. The lowest BCUT2D eigenvalue weighted by atomic mass is 10.2. The Kier molecular flexibility index (Phi) is 5.10. The highest BCUT2D eigenvalue weighted by Crippen LogP contribution is 2.17. The lowest BCUT2D eigenvalue weighted by molar-refractivity contribution is -0.000398. The van der Waals surface area contributed by atoms with Crippen LogP contribution in [0.4, 0.5) is 0 Å². The predicted molar refractivity (Wildman–Crippen MR) is 55.7 cm³/mol. The molecule has 0 aliphatic carbocycles. The summed E-state index contributed by atoms with van der Waals surface area (Å²) in [6.45, 7) is 0.196. The van der Waals surface area contributed by atoms with Crippen LogP contribution in [0.2, 0.25) is 0 Å². The molecule has 0 bridgehead atoms. The van der Waals surface area contributed by atoms with Crippen LogP contribution in [0.15, 0.2) is 24.3 Å². The van der Waals surface area contributed by atoms with E-state index >= 15 is 0 Å². The van der Waals surface area contributed by atoms with Gasteiger partial charge in [0.25, 0.3) is 0 Å². The van der Waals surface area contributed by atoms with Gasteiger partial charge < -0.3 is 19.7 Å². The van der Waals surface area contributed by atoms with Crippen LogP contribution in [-0.4, -0.2) is 36.6 Å². The summed E-state index contributed by atoms with van der Waals surface area (Å²) in [5.41, 5.74) is 0.921. The van der Waals surface area contributed by atoms with Crippen LogP contribution < -0.4 is 4.74 Å². The van der Waals surface area contributed by atoms with Crippen molar-refractivity contribution in [2.45, 2.75) is 12.7 Å². The van der Waals surface area contributed by atoms with Crippen LogP contribution in [0.25, 0.3) is 0 Å². The molecule has 4 nitrogen and oxygen atoms in total. The van der Waals surface area contributed by atoms with Gasteiger partial charge in [0.15, 0.2) is 0 Å². The van der Waals surface area contributed by atoms with Crippen molar-refractivity contribution in [3.63, 3.8) is 0 Å². The van der Waals surface area contributed by atoms with Crippen molar-refractivity contribution in [2.24, 2.45) is 0 Å². The molecule has 1 aromatic rings.